The topological polar surface area (TPSA) is 0 Å². The molecule has 2 aliphatic carbocycles. The van der Waals surface area contributed by atoms with Crippen LogP contribution in [0.4, 0.5) is 0 Å². The van der Waals surface area contributed by atoms with Gasteiger partial charge in [0, 0.05) is 0 Å². The summed E-state index contributed by atoms with van der Waals surface area (Å²) < 4.78 is 0. The quantitative estimate of drug-likeness (QED) is 0.208. The molecule has 0 amide bonds. The Morgan fingerprint density at radius 2 is 0.658 bits per heavy atom. The lowest BCUT2D eigenvalue weighted by Gasteiger charge is -2.32. The lowest BCUT2D eigenvalue weighted by Crippen LogP contribution is -2.24. The first-order valence-corrected chi connectivity index (χ1v) is 17.6. The van der Waals surface area contributed by atoms with Gasteiger partial charge in [-0.3, -0.25) is 0 Å². The standard InChI is InChI=1S/C36H40P2/c1-5-13-31(14-6-1)37(32-15-7-2-8-16-32)35-25-21-29(22-26-35)30-23-27-36(28-24-30)38(33-17-9-3-10-18-33)34-19-11-4-12-20-34/h1,3,5-6,9-10,13-14,17-18,21-28,32,34H,2,4,7-8,11-12,15-16,19-20H2. The van der Waals surface area contributed by atoms with Crippen molar-refractivity contribution >= 4 is 37.1 Å². The molecule has 0 aromatic heterocycles. The number of hydrogen-bond donors (Lipinski definition) is 0. The van der Waals surface area contributed by atoms with E-state index in [-0.39, 0.29) is 15.8 Å². The Morgan fingerprint density at radius 3 is 1.00 bits per heavy atom. The Hall–Kier alpha value is -2.26. The van der Waals surface area contributed by atoms with Gasteiger partial charge in [-0.25, -0.2) is 0 Å². The molecule has 194 valence electrons. The summed E-state index contributed by atoms with van der Waals surface area (Å²) in [6.45, 7) is 0. The molecule has 0 radical (unpaired) electrons. The van der Waals surface area contributed by atoms with E-state index in [1.807, 2.05) is 0 Å². The summed E-state index contributed by atoms with van der Waals surface area (Å²) in [7, 11) is -0.590. The zero-order valence-electron chi connectivity index (χ0n) is 22.5. The molecule has 0 heterocycles. The highest BCUT2D eigenvalue weighted by atomic mass is 31.1. The van der Waals surface area contributed by atoms with Gasteiger partial charge in [-0.15, -0.1) is 0 Å². The second-order valence-corrected chi connectivity index (χ2v) is 16.1. The highest BCUT2D eigenvalue weighted by Crippen LogP contribution is 2.47. The first-order chi connectivity index (χ1) is 18.9. The summed E-state index contributed by atoms with van der Waals surface area (Å²) in [4.78, 5) is 0. The Morgan fingerprint density at radius 1 is 0.342 bits per heavy atom. The van der Waals surface area contributed by atoms with Crippen LogP contribution in [0.1, 0.15) is 64.2 Å². The van der Waals surface area contributed by atoms with Crippen molar-refractivity contribution in [2.75, 3.05) is 0 Å². The zero-order chi connectivity index (χ0) is 25.6. The molecule has 6 rings (SSSR count). The fourth-order valence-corrected chi connectivity index (χ4v) is 12.6. The van der Waals surface area contributed by atoms with E-state index in [4.69, 9.17) is 0 Å². The highest BCUT2D eigenvalue weighted by molar-refractivity contribution is 7.74. The van der Waals surface area contributed by atoms with Crippen LogP contribution in [0.5, 0.6) is 0 Å². The van der Waals surface area contributed by atoms with Crippen molar-refractivity contribution in [2.45, 2.75) is 75.5 Å². The van der Waals surface area contributed by atoms with Gasteiger partial charge in [-0.1, -0.05) is 148 Å². The van der Waals surface area contributed by atoms with Crippen LogP contribution < -0.4 is 21.2 Å². The van der Waals surface area contributed by atoms with E-state index in [0.29, 0.717) is 0 Å². The van der Waals surface area contributed by atoms with Gasteiger partial charge in [-0.2, -0.15) is 0 Å². The van der Waals surface area contributed by atoms with Crippen LogP contribution in [0.2, 0.25) is 0 Å². The van der Waals surface area contributed by atoms with Gasteiger partial charge in [0.2, 0.25) is 0 Å². The SMILES string of the molecule is c1ccc(P(c2ccc(-c3ccc(P(c4ccccc4)C4CCCCC4)cc3)cc2)C2CCCCC2)cc1. The van der Waals surface area contributed by atoms with Crippen LogP contribution in [0, 0.1) is 0 Å². The third kappa shape index (κ3) is 5.98. The minimum atomic E-state index is -0.295. The van der Waals surface area contributed by atoms with Crippen molar-refractivity contribution in [2.24, 2.45) is 0 Å². The van der Waals surface area contributed by atoms with Gasteiger partial charge in [0.05, 0.1) is 0 Å². The van der Waals surface area contributed by atoms with Crippen LogP contribution in [-0.2, 0) is 0 Å². The van der Waals surface area contributed by atoms with Crippen molar-refractivity contribution in [1.29, 1.82) is 0 Å². The molecule has 2 heteroatoms. The average Bonchev–Trinajstić information content (AvgIpc) is 3.00. The maximum atomic E-state index is 2.44. The van der Waals surface area contributed by atoms with Crippen molar-refractivity contribution in [3.63, 3.8) is 0 Å². The van der Waals surface area contributed by atoms with Gasteiger partial charge in [-0.05, 0) is 85.2 Å². The second-order valence-electron chi connectivity index (χ2n) is 11.1. The predicted octanol–water partition coefficient (Wildman–Crippen LogP) is 8.88. The van der Waals surface area contributed by atoms with Crippen LogP contribution in [0.15, 0.2) is 109 Å². The first-order valence-electron chi connectivity index (χ1n) is 14.8. The fourth-order valence-electron chi connectivity index (χ4n) is 6.63. The van der Waals surface area contributed by atoms with E-state index in [1.165, 1.54) is 75.3 Å². The van der Waals surface area contributed by atoms with Crippen molar-refractivity contribution < 1.29 is 0 Å². The van der Waals surface area contributed by atoms with Gasteiger partial charge >= 0.3 is 0 Å². The van der Waals surface area contributed by atoms with E-state index in [2.05, 4.69) is 109 Å². The summed E-state index contributed by atoms with van der Waals surface area (Å²) in [5.74, 6) is 0. The van der Waals surface area contributed by atoms with Crippen molar-refractivity contribution in [3.8, 4) is 11.1 Å². The molecule has 4 aromatic rings. The fraction of sp³-hybridized carbons (Fsp3) is 0.333. The highest BCUT2D eigenvalue weighted by Gasteiger charge is 2.27. The Kier molecular flexibility index (Phi) is 8.71. The predicted molar refractivity (Wildman–Crippen MR) is 171 cm³/mol. The lowest BCUT2D eigenvalue weighted by molar-refractivity contribution is 0.513. The lowest BCUT2D eigenvalue weighted by atomic mass is 10.0. The van der Waals surface area contributed by atoms with Crippen LogP contribution in [-0.4, -0.2) is 11.3 Å². The van der Waals surface area contributed by atoms with Crippen LogP contribution in [0.3, 0.4) is 0 Å². The maximum Gasteiger partial charge on any atom is -0.0129 e. The molecular weight excluding hydrogens is 494 g/mol. The average molecular weight is 535 g/mol. The molecule has 2 unspecified atom stereocenters. The molecule has 38 heavy (non-hydrogen) atoms. The molecule has 0 nitrogen and oxygen atoms in total. The van der Waals surface area contributed by atoms with Gasteiger partial charge in [0.25, 0.3) is 0 Å². The maximum absolute atomic E-state index is 2.44. The summed E-state index contributed by atoms with van der Waals surface area (Å²) in [6, 6.07) is 42.0. The minimum absolute atomic E-state index is 0.295. The Balaban J connectivity index is 1.25. The smallest absolute Gasteiger partial charge is 0.0129 e. The summed E-state index contributed by atoms with van der Waals surface area (Å²) in [5.41, 5.74) is 4.33. The molecule has 2 aliphatic rings. The molecule has 0 N–H and O–H groups in total. The van der Waals surface area contributed by atoms with Crippen molar-refractivity contribution in [3.05, 3.63) is 109 Å². The van der Waals surface area contributed by atoms with Crippen LogP contribution >= 0.6 is 15.8 Å². The van der Waals surface area contributed by atoms with Crippen LogP contribution in [0.25, 0.3) is 11.1 Å². The zero-order valence-corrected chi connectivity index (χ0v) is 24.3. The summed E-state index contributed by atoms with van der Waals surface area (Å²) in [5, 5.41) is 6.18. The number of benzene rings is 4. The number of rotatable bonds is 7. The van der Waals surface area contributed by atoms with Gasteiger partial charge in [0.15, 0.2) is 0 Å². The third-order valence-electron chi connectivity index (χ3n) is 8.57. The molecule has 0 aliphatic heterocycles. The molecule has 2 fully saturated rings. The van der Waals surface area contributed by atoms with E-state index in [1.54, 1.807) is 21.2 Å². The first kappa shape index (κ1) is 26.0. The normalized spacial score (nSPS) is 18.6. The Bertz CT molecular complexity index is 1150. The molecule has 0 spiro atoms. The second kappa shape index (κ2) is 12.7. The van der Waals surface area contributed by atoms with E-state index in [9.17, 15) is 0 Å². The summed E-state index contributed by atoms with van der Waals surface area (Å²) in [6.07, 6.45) is 13.9. The molecular formula is C36H40P2. The third-order valence-corrected chi connectivity index (χ3v) is 14.5. The summed E-state index contributed by atoms with van der Waals surface area (Å²) >= 11 is 0. The molecule has 2 saturated carbocycles. The molecule has 2 atom stereocenters. The Labute approximate surface area is 232 Å². The van der Waals surface area contributed by atoms with Gasteiger partial charge in [0.1, 0.15) is 0 Å². The van der Waals surface area contributed by atoms with E-state index < -0.39 is 0 Å². The monoisotopic (exact) mass is 534 g/mol. The van der Waals surface area contributed by atoms with Crippen molar-refractivity contribution in [1.82, 2.24) is 0 Å². The molecule has 4 aromatic carbocycles. The minimum Gasteiger partial charge on any atom is -0.0622 e. The number of hydrogen-bond acceptors (Lipinski definition) is 0. The molecule has 0 saturated heterocycles. The molecule has 0 bridgehead atoms. The van der Waals surface area contributed by atoms with Gasteiger partial charge < -0.3 is 0 Å². The van der Waals surface area contributed by atoms with E-state index in [0.717, 1.165) is 11.3 Å². The van der Waals surface area contributed by atoms with E-state index >= 15 is 0 Å². The largest absolute Gasteiger partial charge is 0.0622 e.